The molecule has 0 spiro atoms. The van der Waals surface area contributed by atoms with Gasteiger partial charge in [-0.15, -0.1) is 11.8 Å². The molecule has 0 aliphatic rings. The van der Waals surface area contributed by atoms with E-state index in [1.54, 1.807) is 19.2 Å². The molecule has 0 saturated carbocycles. The topological polar surface area (TPSA) is 75.3 Å². The standard InChI is InChI=1S/C19H18ClN3O2S/c1-2-25-19(24)16(10-21)18(26-13-14-6-4-3-5-7-14)23-12-15-8-9-17(20)22-11-15/h3-9,11,16H,2,12-13H2,1H3/t16-/m1/s1. The van der Waals surface area contributed by atoms with Crippen LogP contribution in [0.15, 0.2) is 53.7 Å². The summed E-state index contributed by atoms with van der Waals surface area (Å²) in [4.78, 5) is 20.6. The van der Waals surface area contributed by atoms with E-state index in [0.717, 1.165) is 11.1 Å². The fraction of sp³-hybridized carbons (Fsp3) is 0.263. The Morgan fingerprint density at radius 3 is 2.69 bits per heavy atom. The average Bonchev–Trinajstić information content (AvgIpc) is 2.66. The van der Waals surface area contributed by atoms with Crippen LogP contribution in [-0.2, 0) is 21.8 Å². The van der Waals surface area contributed by atoms with Gasteiger partial charge in [0.1, 0.15) is 5.15 Å². The summed E-state index contributed by atoms with van der Waals surface area (Å²) >= 11 is 7.15. The van der Waals surface area contributed by atoms with Gasteiger partial charge in [-0.3, -0.25) is 9.79 Å². The number of hydrogen-bond donors (Lipinski definition) is 0. The number of carbonyl (C=O) groups excluding carboxylic acids is 1. The zero-order chi connectivity index (χ0) is 18.8. The van der Waals surface area contributed by atoms with Gasteiger partial charge in [0, 0.05) is 11.9 Å². The molecule has 134 valence electrons. The van der Waals surface area contributed by atoms with Crippen molar-refractivity contribution >= 4 is 34.4 Å². The number of halogens is 1. The van der Waals surface area contributed by atoms with Crippen LogP contribution in [-0.4, -0.2) is 22.6 Å². The Bertz CT molecular complexity index is 789. The number of aliphatic imine (C=N–C) groups is 1. The summed E-state index contributed by atoms with van der Waals surface area (Å²) in [5.74, 6) is -1.01. The summed E-state index contributed by atoms with van der Waals surface area (Å²) in [6.45, 7) is 2.23. The number of aromatic nitrogens is 1. The van der Waals surface area contributed by atoms with Crippen molar-refractivity contribution in [2.24, 2.45) is 10.9 Å². The third-order valence-corrected chi connectivity index (χ3v) is 4.70. The molecular weight excluding hydrogens is 370 g/mol. The molecule has 0 bridgehead atoms. The molecule has 0 unspecified atom stereocenters. The second-order valence-corrected chi connectivity index (χ2v) is 6.61. The van der Waals surface area contributed by atoms with Gasteiger partial charge in [-0.1, -0.05) is 48.0 Å². The minimum absolute atomic E-state index is 0.217. The highest BCUT2D eigenvalue weighted by Gasteiger charge is 2.26. The lowest BCUT2D eigenvalue weighted by molar-refractivity contribution is -0.143. The Morgan fingerprint density at radius 2 is 2.08 bits per heavy atom. The van der Waals surface area contributed by atoms with Crippen LogP contribution in [0.25, 0.3) is 0 Å². The van der Waals surface area contributed by atoms with Crippen LogP contribution in [0.3, 0.4) is 0 Å². The molecule has 0 radical (unpaired) electrons. The van der Waals surface area contributed by atoms with Crippen LogP contribution >= 0.6 is 23.4 Å². The van der Waals surface area contributed by atoms with Gasteiger partial charge >= 0.3 is 5.97 Å². The zero-order valence-corrected chi connectivity index (χ0v) is 15.8. The first-order chi connectivity index (χ1) is 12.6. The van der Waals surface area contributed by atoms with E-state index in [0.29, 0.717) is 22.5 Å². The molecular formula is C19H18ClN3O2S. The summed E-state index contributed by atoms with van der Waals surface area (Å²) in [5.41, 5.74) is 1.92. The van der Waals surface area contributed by atoms with Crippen molar-refractivity contribution in [1.82, 2.24) is 4.98 Å². The Balaban J connectivity index is 2.18. The maximum atomic E-state index is 12.1. The van der Waals surface area contributed by atoms with Gasteiger partial charge in [-0.05, 0) is 24.1 Å². The van der Waals surface area contributed by atoms with Crippen LogP contribution < -0.4 is 0 Å². The smallest absolute Gasteiger partial charge is 0.330 e. The number of ether oxygens (including phenoxy) is 1. The van der Waals surface area contributed by atoms with Gasteiger partial charge in [0.15, 0.2) is 5.92 Å². The molecule has 1 aromatic carbocycles. The first-order valence-corrected chi connectivity index (χ1v) is 9.38. The van der Waals surface area contributed by atoms with Crippen LogP contribution in [0.4, 0.5) is 0 Å². The summed E-state index contributed by atoms with van der Waals surface area (Å²) in [7, 11) is 0. The van der Waals surface area contributed by atoms with Crippen LogP contribution in [0.2, 0.25) is 5.15 Å². The van der Waals surface area contributed by atoms with Gasteiger partial charge in [0.2, 0.25) is 0 Å². The van der Waals surface area contributed by atoms with Gasteiger partial charge in [-0.25, -0.2) is 4.98 Å². The average molecular weight is 388 g/mol. The fourth-order valence-corrected chi connectivity index (χ4v) is 3.15. The number of rotatable bonds is 7. The van der Waals surface area contributed by atoms with Gasteiger partial charge < -0.3 is 4.74 Å². The quantitative estimate of drug-likeness (QED) is 0.307. The fourth-order valence-electron chi connectivity index (χ4n) is 2.06. The van der Waals surface area contributed by atoms with Crippen molar-refractivity contribution < 1.29 is 9.53 Å². The van der Waals surface area contributed by atoms with Gasteiger partial charge in [-0.2, -0.15) is 5.26 Å². The molecule has 0 amide bonds. The summed E-state index contributed by atoms with van der Waals surface area (Å²) < 4.78 is 5.01. The molecule has 0 aliphatic heterocycles. The predicted octanol–water partition coefficient (Wildman–Crippen LogP) is 4.27. The number of nitriles is 1. The van der Waals surface area contributed by atoms with Crippen molar-refractivity contribution in [3.05, 3.63) is 64.9 Å². The van der Waals surface area contributed by atoms with E-state index in [9.17, 15) is 10.1 Å². The number of pyridine rings is 1. The van der Waals surface area contributed by atoms with E-state index >= 15 is 0 Å². The highest BCUT2D eigenvalue weighted by atomic mass is 35.5. The van der Waals surface area contributed by atoms with Crippen molar-refractivity contribution in [3.8, 4) is 6.07 Å². The second kappa shape index (κ2) is 10.6. The summed E-state index contributed by atoms with van der Waals surface area (Å²) in [5, 5.41) is 10.3. The Morgan fingerprint density at radius 1 is 1.31 bits per heavy atom. The monoisotopic (exact) mass is 387 g/mol. The Kier molecular flexibility index (Phi) is 8.13. The minimum Gasteiger partial charge on any atom is -0.465 e. The van der Waals surface area contributed by atoms with Gasteiger partial charge in [0.25, 0.3) is 0 Å². The molecule has 1 atom stereocenters. The van der Waals surface area contributed by atoms with E-state index < -0.39 is 11.9 Å². The van der Waals surface area contributed by atoms with Gasteiger partial charge in [0.05, 0.1) is 24.3 Å². The van der Waals surface area contributed by atoms with E-state index in [1.165, 1.54) is 11.8 Å². The number of thioether (sulfide) groups is 1. The van der Waals surface area contributed by atoms with Crippen LogP contribution in [0.5, 0.6) is 0 Å². The number of carbonyl (C=O) groups is 1. The summed E-state index contributed by atoms with van der Waals surface area (Å²) in [6, 6.07) is 15.3. The molecule has 26 heavy (non-hydrogen) atoms. The molecule has 0 aliphatic carbocycles. The first kappa shape index (κ1) is 20.0. The molecule has 5 nitrogen and oxygen atoms in total. The number of nitrogens with zero attached hydrogens (tertiary/aromatic N) is 3. The maximum Gasteiger partial charge on any atom is 0.330 e. The number of esters is 1. The molecule has 0 fully saturated rings. The third kappa shape index (κ3) is 6.17. The summed E-state index contributed by atoms with van der Waals surface area (Å²) in [6.07, 6.45) is 1.62. The SMILES string of the molecule is CCOC(=O)[C@H](C#N)C(=NCc1ccc(Cl)nc1)SCc1ccccc1. The third-order valence-electron chi connectivity index (χ3n) is 3.33. The number of hydrogen-bond acceptors (Lipinski definition) is 6. The predicted molar refractivity (Wildman–Crippen MR) is 104 cm³/mol. The molecule has 0 saturated heterocycles. The van der Waals surface area contributed by atoms with Crippen molar-refractivity contribution in [1.29, 1.82) is 5.26 Å². The van der Waals surface area contributed by atoms with Crippen molar-refractivity contribution in [2.75, 3.05) is 6.61 Å². The zero-order valence-electron chi connectivity index (χ0n) is 14.3. The lowest BCUT2D eigenvalue weighted by atomic mass is 10.2. The lowest BCUT2D eigenvalue weighted by Gasteiger charge is -2.12. The minimum atomic E-state index is -1.04. The molecule has 1 heterocycles. The Hall–Kier alpha value is -2.36. The number of benzene rings is 1. The lowest BCUT2D eigenvalue weighted by Crippen LogP contribution is -2.23. The molecule has 1 aromatic heterocycles. The van der Waals surface area contributed by atoms with E-state index in [4.69, 9.17) is 16.3 Å². The first-order valence-electron chi connectivity index (χ1n) is 8.01. The van der Waals surface area contributed by atoms with Crippen LogP contribution in [0, 0.1) is 17.2 Å². The van der Waals surface area contributed by atoms with Crippen molar-refractivity contribution in [2.45, 2.75) is 19.2 Å². The van der Waals surface area contributed by atoms with E-state index in [1.807, 2.05) is 42.5 Å². The molecule has 7 heteroatoms. The van der Waals surface area contributed by atoms with E-state index in [2.05, 4.69) is 9.98 Å². The largest absolute Gasteiger partial charge is 0.465 e. The van der Waals surface area contributed by atoms with E-state index in [-0.39, 0.29) is 6.61 Å². The van der Waals surface area contributed by atoms with Crippen LogP contribution in [0.1, 0.15) is 18.1 Å². The molecule has 0 N–H and O–H groups in total. The maximum absolute atomic E-state index is 12.1. The normalized spacial score (nSPS) is 12.3. The highest BCUT2D eigenvalue weighted by Crippen LogP contribution is 2.21. The molecule has 2 aromatic rings. The molecule has 2 rings (SSSR count). The van der Waals surface area contributed by atoms with Crippen molar-refractivity contribution in [3.63, 3.8) is 0 Å². The highest BCUT2D eigenvalue weighted by molar-refractivity contribution is 8.13. The Labute approximate surface area is 162 Å². The second-order valence-electron chi connectivity index (χ2n) is 5.23.